The van der Waals surface area contributed by atoms with Crippen LogP contribution < -0.4 is 0 Å². The van der Waals surface area contributed by atoms with Gasteiger partial charge in [0.2, 0.25) is 0 Å². The SMILES string of the molecule is CC[C@H]1OC(=O)[C@H](C)C(=O)[C@H](C)[C@@H](O[C@@H]2O[C@H](C)CC(N(C)C)[C@H]2C)[C@](C)(OC)C[C@@H](C)C(=O)/C=C/[C@]1(C)O. The molecule has 39 heavy (non-hydrogen) atoms. The molecule has 0 spiro atoms. The molecule has 2 aliphatic rings. The topological polar surface area (TPSA) is 112 Å². The second-order valence-corrected chi connectivity index (χ2v) is 12.3. The van der Waals surface area contributed by atoms with E-state index in [9.17, 15) is 19.5 Å². The van der Waals surface area contributed by atoms with Gasteiger partial charge < -0.3 is 29.0 Å². The number of nitrogens with zero attached hydrogens (tertiary/aromatic N) is 1. The van der Waals surface area contributed by atoms with Gasteiger partial charge in [0.15, 0.2) is 17.9 Å². The van der Waals surface area contributed by atoms with E-state index in [1.807, 2.05) is 27.9 Å². The maximum atomic E-state index is 13.8. The van der Waals surface area contributed by atoms with Gasteiger partial charge in [-0.15, -0.1) is 0 Å². The fraction of sp³-hybridized carbons (Fsp3) is 0.833. The Morgan fingerprint density at radius 2 is 1.72 bits per heavy atom. The van der Waals surface area contributed by atoms with E-state index in [1.165, 1.54) is 33.1 Å². The Morgan fingerprint density at radius 3 is 2.26 bits per heavy atom. The maximum Gasteiger partial charge on any atom is 0.316 e. The lowest BCUT2D eigenvalue weighted by atomic mass is 9.77. The van der Waals surface area contributed by atoms with Gasteiger partial charge in [0, 0.05) is 30.9 Å². The Kier molecular flexibility index (Phi) is 11.5. The van der Waals surface area contributed by atoms with Gasteiger partial charge >= 0.3 is 5.97 Å². The molecule has 0 aromatic heterocycles. The van der Waals surface area contributed by atoms with Crippen molar-refractivity contribution in [3.8, 4) is 0 Å². The smallest absolute Gasteiger partial charge is 0.316 e. The van der Waals surface area contributed by atoms with Crippen LogP contribution in [-0.2, 0) is 33.3 Å². The van der Waals surface area contributed by atoms with Gasteiger partial charge in [-0.2, -0.15) is 0 Å². The quantitative estimate of drug-likeness (QED) is 0.403. The summed E-state index contributed by atoms with van der Waals surface area (Å²) in [5.74, 6) is -3.71. The van der Waals surface area contributed by atoms with Crippen molar-refractivity contribution in [1.82, 2.24) is 4.90 Å². The van der Waals surface area contributed by atoms with E-state index in [4.69, 9.17) is 18.9 Å². The molecular weight excluding hydrogens is 502 g/mol. The lowest BCUT2D eigenvalue weighted by molar-refractivity contribution is -0.280. The Labute approximate surface area is 234 Å². The van der Waals surface area contributed by atoms with Gasteiger partial charge in [-0.05, 0) is 73.2 Å². The standard InChI is InChI=1S/C30H51NO8/c1-12-24-29(7,35)14-13-23(32)17(2)16-30(8,36-11)26(20(5)25(33)21(6)27(34)38-24)39-28-19(4)22(31(9)10)15-18(3)37-28/h13-14,17-22,24,26,28,35H,12,15-16H2,1-11H3/b14-13+/t17-,18-,19-,20+,21-,22?,24-,26-,28+,29+,30-/m1/s1. The Balaban J connectivity index is 2.57. The first-order valence-corrected chi connectivity index (χ1v) is 14.2. The third kappa shape index (κ3) is 7.76. The van der Waals surface area contributed by atoms with Crippen LogP contribution in [0.4, 0.5) is 0 Å². The molecule has 2 heterocycles. The fourth-order valence-electron chi connectivity index (χ4n) is 5.98. The molecule has 0 radical (unpaired) electrons. The van der Waals surface area contributed by atoms with E-state index in [0.29, 0.717) is 6.42 Å². The van der Waals surface area contributed by atoms with Crippen LogP contribution in [-0.4, -0.2) is 90.6 Å². The molecule has 9 heteroatoms. The average molecular weight is 554 g/mol. The number of ketones is 2. The zero-order chi connectivity index (χ0) is 29.9. The van der Waals surface area contributed by atoms with E-state index >= 15 is 0 Å². The van der Waals surface area contributed by atoms with Gasteiger partial charge in [0.25, 0.3) is 0 Å². The predicted octanol–water partition coefficient (Wildman–Crippen LogP) is 3.56. The summed E-state index contributed by atoms with van der Waals surface area (Å²) in [6.07, 6.45) is 1.68. The minimum atomic E-state index is -1.58. The molecule has 2 aliphatic heterocycles. The molecule has 1 unspecified atom stereocenters. The summed E-state index contributed by atoms with van der Waals surface area (Å²) in [7, 11) is 5.59. The highest BCUT2D eigenvalue weighted by Gasteiger charge is 2.49. The summed E-state index contributed by atoms with van der Waals surface area (Å²) in [6.45, 7) is 14.2. The van der Waals surface area contributed by atoms with E-state index in [0.717, 1.165) is 6.42 Å². The first kappa shape index (κ1) is 33.6. The molecule has 0 amide bonds. The Morgan fingerprint density at radius 1 is 1.10 bits per heavy atom. The summed E-state index contributed by atoms with van der Waals surface area (Å²) in [5.41, 5.74) is -2.65. The molecule has 0 aromatic carbocycles. The summed E-state index contributed by atoms with van der Waals surface area (Å²) in [5, 5.41) is 11.0. The largest absolute Gasteiger partial charge is 0.458 e. The van der Waals surface area contributed by atoms with Crippen molar-refractivity contribution in [1.29, 1.82) is 0 Å². The first-order valence-electron chi connectivity index (χ1n) is 14.2. The highest BCUT2D eigenvalue weighted by atomic mass is 16.7. The molecule has 9 nitrogen and oxygen atoms in total. The number of carbonyl (C=O) groups is 3. The maximum absolute atomic E-state index is 13.8. The number of esters is 1. The summed E-state index contributed by atoms with van der Waals surface area (Å²) >= 11 is 0. The number of hydrogen-bond acceptors (Lipinski definition) is 9. The van der Waals surface area contributed by atoms with Gasteiger partial charge in [0.05, 0.1) is 17.8 Å². The number of carbonyl (C=O) groups excluding carboxylic acids is 3. The highest BCUT2D eigenvalue weighted by Crippen LogP contribution is 2.38. The average Bonchev–Trinajstić information content (AvgIpc) is 2.87. The van der Waals surface area contributed by atoms with Gasteiger partial charge in [-0.1, -0.05) is 27.7 Å². The minimum Gasteiger partial charge on any atom is -0.458 e. The number of hydrogen-bond donors (Lipinski definition) is 1. The third-order valence-corrected chi connectivity index (χ3v) is 8.73. The van der Waals surface area contributed by atoms with E-state index < -0.39 is 53.4 Å². The Bertz CT molecular complexity index is 901. The number of cyclic esters (lactones) is 1. The number of allylic oxidation sites excluding steroid dienone is 1. The molecule has 0 aliphatic carbocycles. The highest BCUT2D eigenvalue weighted by molar-refractivity contribution is 6.00. The molecule has 0 saturated carbocycles. The number of rotatable bonds is 5. The second-order valence-electron chi connectivity index (χ2n) is 12.3. The van der Waals surface area contributed by atoms with Crippen molar-refractivity contribution in [3.63, 3.8) is 0 Å². The Hall–Kier alpha value is -1.65. The second kappa shape index (κ2) is 13.3. The number of ether oxygens (including phenoxy) is 4. The van der Waals surface area contributed by atoms with Crippen LogP contribution in [0.1, 0.15) is 74.7 Å². The fourth-order valence-corrected chi connectivity index (χ4v) is 5.98. The van der Waals surface area contributed by atoms with Crippen LogP contribution in [0.2, 0.25) is 0 Å². The molecule has 0 aromatic rings. The van der Waals surface area contributed by atoms with Crippen LogP contribution >= 0.6 is 0 Å². The lowest BCUT2D eigenvalue weighted by Gasteiger charge is -2.47. The van der Waals surface area contributed by atoms with Crippen LogP contribution in [0.3, 0.4) is 0 Å². The van der Waals surface area contributed by atoms with E-state index in [1.54, 1.807) is 20.8 Å². The van der Waals surface area contributed by atoms with Crippen LogP contribution in [0, 0.1) is 23.7 Å². The predicted molar refractivity (Wildman–Crippen MR) is 148 cm³/mol. The molecule has 1 fully saturated rings. The molecular formula is C30H51NO8. The lowest BCUT2D eigenvalue weighted by Crippen LogP contribution is -2.56. The van der Waals surface area contributed by atoms with Crippen molar-refractivity contribution in [3.05, 3.63) is 12.2 Å². The van der Waals surface area contributed by atoms with Crippen molar-refractivity contribution < 1.29 is 38.4 Å². The molecule has 11 atom stereocenters. The molecule has 1 N–H and O–H groups in total. The molecule has 224 valence electrons. The van der Waals surface area contributed by atoms with Crippen LogP contribution in [0.15, 0.2) is 12.2 Å². The van der Waals surface area contributed by atoms with Gasteiger partial charge in [0.1, 0.15) is 17.6 Å². The van der Waals surface area contributed by atoms with Crippen molar-refractivity contribution in [2.75, 3.05) is 21.2 Å². The number of Topliss-reactive ketones (excluding diaryl/α,β-unsaturated/α-hetero) is 1. The van der Waals surface area contributed by atoms with Gasteiger partial charge in [-0.25, -0.2) is 0 Å². The monoisotopic (exact) mass is 553 g/mol. The summed E-state index contributed by atoms with van der Waals surface area (Å²) < 4.78 is 24.5. The number of methoxy groups -OCH3 is 1. The van der Waals surface area contributed by atoms with Crippen molar-refractivity contribution in [2.45, 2.75) is 116 Å². The summed E-state index contributed by atoms with van der Waals surface area (Å²) in [4.78, 5) is 42.2. The van der Waals surface area contributed by atoms with E-state index in [2.05, 4.69) is 11.8 Å². The van der Waals surface area contributed by atoms with Gasteiger partial charge in [-0.3, -0.25) is 14.4 Å². The third-order valence-electron chi connectivity index (χ3n) is 8.73. The molecule has 2 rings (SSSR count). The zero-order valence-corrected chi connectivity index (χ0v) is 25.7. The molecule has 0 bridgehead atoms. The zero-order valence-electron chi connectivity index (χ0n) is 25.7. The minimum absolute atomic E-state index is 0.00961. The van der Waals surface area contributed by atoms with E-state index in [-0.39, 0.29) is 36.1 Å². The van der Waals surface area contributed by atoms with Crippen LogP contribution in [0.5, 0.6) is 0 Å². The first-order chi connectivity index (χ1) is 18.0. The van der Waals surface area contributed by atoms with Crippen LogP contribution in [0.25, 0.3) is 0 Å². The number of aliphatic hydroxyl groups is 1. The normalized spacial score (nSPS) is 44.1. The van der Waals surface area contributed by atoms with Crippen molar-refractivity contribution in [2.24, 2.45) is 23.7 Å². The van der Waals surface area contributed by atoms with Crippen molar-refractivity contribution >= 4 is 17.5 Å². The summed E-state index contributed by atoms with van der Waals surface area (Å²) in [6, 6.07) is 0.204. The molecule has 1 saturated heterocycles.